The Labute approximate surface area is 144 Å². The number of rotatable bonds is 3. The summed E-state index contributed by atoms with van der Waals surface area (Å²) in [5.41, 5.74) is 3.04. The van der Waals surface area contributed by atoms with E-state index in [1.807, 2.05) is 35.0 Å². The minimum atomic E-state index is -0.173. The third kappa shape index (κ3) is 2.75. The lowest BCUT2D eigenvalue weighted by Crippen LogP contribution is -2.38. The second kappa shape index (κ2) is 5.91. The monoisotopic (exact) mass is 339 g/mol. The highest BCUT2D eigenvalue weighted by Gasteiger charge is 2.30. The molecule has 1 amide bonds. The van der Waals surface area contributed by atoms with Crippen molar-refractivity contribution in [3.8, 4) is 0 Å². The lowest BCUT2D eigenvalue weighted by atomic mass is 10.1. The van der Waals surface area contributed by atoms with Gasteiger partial charge in [0, 0.05) is 25.4 Å². The van der Waals surface area contributed by atoms with Crippen LogP contribution in [0.2, 0.25) is 0 Å². The Balaban J connectivity index is 1.59. The highest BCUT2D eigenvalue weighted by molar-refractivity contribution is 5.97. The zero-order chi connectivity index (χ0) is 17.6. The number of nitrogens with zero attached hydrogens (tertiary/aromatic N) is 4. The number of hydrogen-bond acceptors (Lipinski definition) is 3. The lowest BCUT2D eigenvalue weighted by molar-refractivity contribution is 0.0722. The summed E-state index contributed by atoms with van der Waals surface area (Å²) in [5, 5.41) is 4.34. The quantitative estimate of drug-likeness (QED) is 0.789. The average Bonchev–Trinajstić information content (AvgIpc) is 3.28. The van der Waals surface area contributed by atoms with Crippen LogP contribution in [0.25, 0.3) is 11.0 Å². The fourth-order valence-corrected chi connectivity index (χ4v) is 3.61. The number of H-pyrrole nitrogens is 1. The van der Waals surface area contributed by atoms with Gasteiger partial charge in [0.05, 0.1) is 29.8 Å². The van der Waals surface area contributed by atoms with Crippen molar-refractivity contribution >= 4 is 16.9 Å². The van der Waals surface area contributed by atoms with Gasteiger partial charge < -0.3 is 9.88 Å². The zero-order valence-electron chi connectivity index (χ0n) is 14.4. The Morgan fingerprint density at radius 2 is 2.24 bits per heavy atom. The molecule has 1 fully saturated rings. The summed E-state index contributed by atoms with van der Waals surface area (Å²) in [5.74, 6) is 0.0120. The van der Waals surface area contributed by atoms with Crippen LogP contribution in [0.15, 0.2) is 35.4 Å². The average molecular weight is 339 g/mol. The van der Waals surface area contributed by atoms with Crippen LogP contribution in [0.3, 0.4) is 0 Å². The van der Waals surface area contributed by atoms with Crippen molar-refractivity contribution in [2.75, 3.05) is 6.54 Å². The van der Waals surface area contributed by atoms with Crippen LogP contribution in [0.5, 0.6) is 0 Å². The van der Waals surface area contributed by atoms with E-state index in [0.717, 1.165) is 30.5 Å². The minimum absolute atomic E-state index is 0.0120. The van der Waals surface area contributed by atoms with Gasteiger partial charge in [0.1, 0.15) is 0 Å². The number of amides is 1. The standard InChI is InChI=1S/C18H21N5O2/c1-12-9-19-22(10-12)11-14-4-3-7-23(14)17(24)13-5-6-16-15(8-13)20-18(25)21(16)2/h5-6,8-10,14H,3-4,7,11H2,1-2H3,(H,20,25). The van der Waals surface area contributed by atoms with Gasteiger partial charge in [-0.2, -0.15) is 5.10 Å². The molecule has 1 aliphatic rings. The fraction of sp³-hybridized carbons (Fsp3) is 0.389. The number of likely N-dealkylation sites (tertiary alicyclic amines) is 1. The van der Waals surface area contributed by atoms with E-state index in [1.54, 1.807) is 23.7 Å². The zero-order valence-corrected chi connectivity index (χ0v) is 14.4. The highest BCUT2D eigenvalue weighted by Crippen LogP contribution is 2.23. The van der Waals surface area contributed by atoms with Crippen molar-refractivity contribution in [3.05, 3.63) is 52.2 Å². The van der Waals surface area contributed by atoms with E-state index in [-0.39, 0.29) is 17.6 Å². The van der Waals surface area contributed by atoms with E-state index in [0.29, 0.717) is 17.6 Å². The van der Waals surface area contributed by atoms with E-state index < -0.39 is 0 Å². The third-order valence-electron chi connectivity index (χ3n) is 4.95. The Hall–Kier alpha value is -2.83. The molecule has 1 unspecified atom stereocenters. The topological polar surface area (TPSA) is 75.9 Å². The van der Waals surface area contributed by atoms with E-state index >= 15 is 0 Å². The SMILES string of the molecule is Cc1cnn(CC2CCCN2C(=O)c2ccc3c(c2)[nH]c(=O)n3C)c1. The molecular formula is C18H21N5O2. The molecule has 1 N–H and O–H groups in total. The molecule has 1 atom stereocenters. The number of fused-ring (bicyclic) bond motifs is 1. The first-order valence-corrected chi connectivity index (χ1v) is 8.52. The molecule has 1 saturated heterocycles. The number of nitrogens with one attached hydrogen (secondary N) is 1. The van der Waals surface area contributed by atoms with Gasteiger partial charge in [-0.25, -0.2) is 4.79 Å². The molecule has 1 aromatic carbocycles. The second-order valence-electron chi connectivity index (χ2n) is 6.76. The first-order chi connectivity index (χ1) is 12.0. The Morgan fingerprint density at radius 1 is 1.40 bits per heavy atom. The van der Waals surface area contributed by atoms with E-state index in [1.165, 1.54) is 0 Å². The number of hydrogen-bond donors (Lipinski definition) is 1. The maximum Gasteiger partial charge on any atom is 0.326 e. The predicted molar refractivity (Wildman–Crippen MR) is 94.6 cm³/mol. The molecule has 130 valence electrons. The summed E-state index contributed by atoms with van der Waals surface area (Å²) in [6, 6.07) is 5.54. The number of aryl methyl sites for hydroxylation is 2. The van der Waals surface area contributed by atoms with Crippen LogP contribution < -0.4 is 5.69 Å². The van der Waals surface area contributed by atoms with Crippen LogP contribution in [-0.4, -0.2) is 42.7 Å². The van der Waals surface area contributed by atoms with Crippen LogP contribution in [0.1, 0.15) is 28.8 Å². The van der Waals surface area contributed by atoms with Crippen molar-refractivity contribution in [2.24, 2.45) is 7.05 Å². The van der Waals surface area contributed by atoms with Crippen LogP contribution >= 0.6 is 0 Å². The maximum absolute atomic E-state index is 13.0. The van der Waals surface area contributed by atoms with Crippen molar-refractivity contribution < 1.29 is 4.79 Å². The van der Waals surface area contributed by atoms with E-state index in [4.69, 9.17) is 0 Å². The van der Waals surface area contributed by atoms with Gasteiger partial charge in [-0.05, 0) is 43.5 Å². The number of benzene rings is 1. The molecule has 2 aromatic heterocycles. The summed E-state index contributed by atoms with van der Waals surface area (Å²) >= 11 is 0. The summed E-state index contributed by atoms with van der Waals surface area (Å²) in [6.07, 6.45) is 5.82. The predicted octanol–water partition coefficient (Wildman–Crippen LogP) is 1.68. The fourth-order valence-electron chi connectivity index (χ4n) is 3.61. The highest BCUT2D eigenvalue weighted by atomic mass is 16.2. The number of aromatic amines is 1. The molecule has 0 saturated carbocycles. The van der Waals surface area contributed by atoms with Crippen LogP contribution in [0, 0.1) is 6.92 Å². The summed E-state index contributed by atoms with van der Waals surface area (Å²) in [6.45, 7) is 3.48. The molecule has 3 heterocycles. The van der Waals surface area contributed by atoms with Gasteiger partial charge in [-0.15, -0.1) is 0 Å². The van der Waals surface area contributed by atoms with Gasteiger partial charge in [0.2, 0.25) is 0 Å². The number of imidazole rings is 1. The number of carbonyl (C=O) groups is 1. The summed E-state index contributed by atoms with van der Waals surface area (Å²) < 4.78 is 3.45. The molecule has 0 bridgehead atoms. The molecule has 25 heavy (non-hydrogen) atoms. The first-order valence-electron chi connectivity index (χ1n) is 8.52. The molecule has 7 nitrogen and oxygen atoms in total. The van der Waals surface area contributed by atoms with Crippen LogP contribution in [-0.2, 0) is 13.6 Å². The molecule has 1 aliphatic heterocycles. The molecule has 0 radical (unpaired) electrons. The minimum Gasteiger partial charge on any atom is -0.334 e. The molecule has 7 heteroatoms. The van der Waals surface area contributed by atoms with E-state index in [2.05, 4.69) is 10.1 Å². The Kier molecular flexibility index (Phi) is 3.71. The molecule has 0 aliphatic carbocycles. The van der Waals surface area contributed by atoms with Crippen molar-refractivity contribution in [1.82, 2.24) is 24.2 Å². The second-order valence-corrected chi connectivity index (χ2v) is 6.76. The third-order valence-corrected chi connectivity index (χ3v) is 4.95. The summed E-state index contributed by atoms with van der Waals surface area (Å²) in [7, 11) is 1.71. The molecular weight excluding hydrogens is 318 g/mol. The van der Waals surface area contributed by atoms with Gasteiger partial charge in [0.25, 0.3) is 5.91 Å². The van der Waals surface area contributed by atoms with Crippen molar-refractivity contribution in [2.45, 2.75) is 32.4 Å². The number of carbonyl (C=O) groups excluding carboxylic acids is 1. The smallest absolute Gasteiger partial charge is 0.326 e. The van der Waals surface area contributed by atoms with Gasteiger partial charge in [0.15, 0.2) is 0 Å². The largest absolute Gasteiger partial charge is 0.334 e. The normalized spacial score (nSPS) is 17.5. The van der Waals surface area contributed by atoms with Crippen molar-refractivity contribution in [3.63, 3.8) is 0 Å². The summed E-state index contributed by atoms with van der Waals surface area (Å²) in [4.78, 5) is 29.4. The first kappa shape index (κ1) is 15.7. The molecule has 0 spiro atoms. The van der Waals surface area contributed by atoms with E-state index in [9.17, 15) is 9.59 Å². The Morgan fingerprint density at radius 3 is 3.00 bits per heavy atom. The lowest BCUT2D eigenvalue weighted by Gasteiger charge is -2.25. The Bertz CT molecular complexity index is 996. The van der Waals surface area contributed by atoms with Gasteiger partial charge in [-0.3, -0.25) is 14.0 Å². The molecule has 4 rings (SSSR count). The van der Waals surface area contributed by atoms with Gasteiger partial charge in [-0.1, -0.05) is 0 Å². The number of aromatic nitrogens is 4. The van der Waals surface area contributed by atoms with Gasteiger partial charge >= 0.3 is 5.69 Å². The maximum atomic E-state index is 13.0. The van der Waals surface area contributed by atoms with Crippen LogP contribution in [0.4, 0.5) is 0 Å². The van der Waals surface area contributed by atoms with Crippen molar-refractivity contribution in [1.29, 1.82) is 0 Å². The molecule has 3 aromatic rings.